The van der Waals surface area contributed by atoms with E-state index in [0.717, 1.165) is 21.3 Å². The third-order valence-electron chi connectivity index (χ3n) is 3.15. The summed E-state index contributed by atoms with van der Waals surface area (Å²) in [5.74, 6) is 0.815. The van der Waals surface area contributed by atoms with E-state index in [-0.39, 0.29) is 12.6 Å². The predicted molar refractivity (Wildman–Crippen MR) is 83.8 cm³/mol. The van der Waals surface area contributed by atoms with Crippen molar-refractivity contribution in [3.05, 3.63) is 64.1 Å². The number of hydrogen-bond donors (Lipinski definition) is 2. The first-order chi connectivity index (χ1) is 9.74. The Labute approximate surface area is 127 Å². The van der Waals surface area contributed by atoms with Crippen LogP contribution in [0.15, 0.2) is 53.0 Å². The van der Waals surface area contributed by atoms with Gasteiger partial charge in [0.05, 0.1) is 24.2 Å². The molecule has 0 saturated carbocycles. The fourth-order valence-electron chi connectivity index (χ4n) is 2.03. The van der Waals surface area contributed by atoms with Crippen molar-refractivity contribution >= 4 is 15.9 Å². The minimum Gasteiger partial charge on any atom is -0.496 e. The Morgan fingerprint density at radius 1 is 1.20 bits per heavy atom. The standard InChI is InChI=1S/C16H18BrNO2/c1-20-16-8-7-12(9-14(16)17)10-18-15(11-19)13-5-3-2-4-6-13/h2-9,15,18-19H,10-11H2,1H3. The quantitative estimate of drug-likeness (QED) is 0.851. The van der Waals surface area contributed by atoms with Crippen molar-refractivity contribution in [1.82, 2.24) is 5.32 Å². The summed E-state index contributed by atoms with van der Waals surface area (Å²) in [6.07, 6.45) is 0. The third-order valence-corrected chi connectivity index (χ3v) is 3.77. The summed E-state index contributed by atoms with van der Waals surface area (Å²) in [7, 11) is 1.65. The van der Waals surface area contributed by atoms with E-state index in [1.807, 2.05) is 48.5 Å². The smallest absolute Gasteiger partial charge is 0.133 e. The van der Waals surface area contributed by atoms with Crippen LogP contribution in [0.5, 0.6) is 5.75 Å². The van der Waals surface area contributed by atoms with Gasteiger partial charge in [-0.3, -0.25) is 0 Å². The summed E-state index contributed by atoms with van der Waals surface area (Å²) in [4.78, 5) is 0. The molecule has 0 fully saturated rings. The van der Waals surface area contributed by atoms with Gasteiger partial charge in [0.15, 0.2) is 0 Å². The third kappa shape index (κ3) is 3.82. The number of ether oxygens (including phenoxy) is 1. The number of benzene rings is 2. The predicted octanol–water partition coefficient (Wildman–Crippen LogP) is 3.28. The minimum absolute atomic E-state index is 0.0583. The maximum absolute atomic E-state index is 9.50. The van der Waals surface area contributed by atoms with E-state index >= 15 is 0 Å². The molecule has 0 spiro atoms. The van der Waals surface area contributed by atoms with E-state index in [4.69, 9.17) is 4.74 Å². The molecule has 0 amide bonds. The Morgan fingerprint density at radius 2 is 1.95 bits per heavy atom. The van der Waals surface area contributed by atoms with Gasteiger partial charge in [0.2, 0.25) is 0 Å². The number of hydrogen-bond acceptors (Lipinski definition) is 3. The van der Waals surface area contributed by atoms with Crippen molar-refractivity contribution in [3.63, 3.8) is 0 Å². The summed E-state index contributed by atoms with van der Waals surface area (Å²) >= 11 is 3.47. The second kappa shape index (κ2) is 7.43. The molecule has 2 aromatic carbocycles. The largest absolute Gasteiger partial charge is 0.496 e. The molecule has 0 aromatic heterocycles. The molecule has 3 nitrogen and oxygen atoms in total. The van der Waals surface area contributed by atoms with E-state index < -0.39 is 0 Å². The number of aliphatic hydroxyl groups excluding tert-OH is 1. The highest BCUT2D eigenvalue weighted by Gasteiger charge is 2.09. The molecule has 0 heterocycles. The molecule has 0 saturated heterocycles. The lowest BCUT2D eigenvalue weighted by atomic mass is 10.1. The van der Waals surface area contributed by atoms with Gasteiger partial charge in [-0.1, -0.05) is 36.4 Å². The van der Waals surface area contributed by atoms with Crippen LogP contribution in [-0.4, -0.2) is 18.8 Å². The maximum atomic E-state index is 9.50. The van der Waals surface area contributed by atoms with Crippen LogP contribution < -0.4 is 10.1 Å². The van der Waals surface area contributed by atoms with Crippen LogP contribution in [0.2, 0.25) is 0 Å². The van der Waals surface area contributed by atoms with Crippen molar-refractivity contribution < 1.29 is 9.84 Å². The molecule has 20 heavy (non-hydrogen) atoms. The normalized spacial score (nSPS) is 12.2. The van der Waals surface area contributed by atoms with Gasteiger partial charge in [-0.15, -0.1) is 0 Å². The van der Waals surface area contributed by atoms with Crippen LogP contribution in [0.1, 0.15) is 17.2 Å². The van der Waals surface area contributed by atoms with Crippen LogP contribution in [0.3, 0.4) is 0 Å². The van der Waals surface area contributed by atoms with Crippen LogP contribution in [-0.2, 0) is 6.54 Å². The van der Waals surface area contributed by atoms with Gasteiger partial charge in [0.1, 0.15) is 5.75 Å². The first kappa shape index (κ1) is 15.0. The molecule has 0 bridgehead atoms. The maximum Gasteiger partial charge on any atom is 0.133 e. The van der Waals surface area contributed by atoms with Gasteiger partial charge in [0, 0.05) is 6.54 Å². The van der Waals surface area contributed by atoms with Crippen molar-refractivity contribution in [3.8, 4) is 5.75 Å². The van der Waals surface area contributed by atoms with Crippen molar-refractivity contribution in [2.24, 2.45) is 0 Å². The zero-order valence-corrected chi connectivity index (χ0v) is 12.9. The second-order valence-electron chi connectivity index (χ2n) is 4.50. The fourth-order valence-corrected chi connectivity index (χ4v) is 2.62. The Kier molecular flexibility index (Phi) is 5.59. The van der Waals surface area contributed by atoms with E-state index in [9.17, 15) is 5.11 Å². The lowest BCUT2D eigenvalue weighted by Gasteiger charge is -2.17. The highest BCUT2D eigenvalue weighted by molar-refractivity contribution is 9.10. The number of halogens is 1. The van der Waals surface area contributed by atoms with E-state index in [2.05, 4.69) is 21.2 Å². The van der Waals surface area contributed by atoms with Crippen molar-refractivity contribution in [2.75, 3.05) is 13.7 Å². The Bertz CT molecular complexity index is 545. The topological polar surface area (TPSA) is 41.5 Å². The highest BCUT2D eigenvalue weighted by Crippen LogP contribution is 2.25. The molecule has 106 valence electrons. The van der Waals surface area contributed by atoms with Crippen LogP contribution >= 0.6 is 15.9 Å². The SMILES string of the molecule is COc1ccc(CNC(CO)c2ccccc2)cc1Br. The fraction of sp³-hybridized carbons (Fsp3) is 0.250. The van der Waals surface area contributed by atoms with Gasteiger partial charge in [-0.25, -0.2) is 0 Å². The molecule has 1 atom stereocenters. The first-order valence-corrected chi connectivity index (χ1v) is 7.25. The number of methoxy groups -OCH3 is 1. The molecule has 0 aliphatic rings. The monoisotopic (exact) mass is 335 g/mol. The number of aliphatic hydroxyl groups is 1. The van der Waals surface area contributed by atoms with E-state index in [1.165, 1.54) is 0 Å². The molecule has 2 aromatic rings. The molecule has 2 rings (SSSR count). The molecular formula is C16H18BrNO2. The van der Waals surface area contributed by atoms with Crippen LogP contribution in [0.25, 0.3) is 0 Å². The average molecular weight is 336 g/mol. The van der Waals surface area contributed by atoms with Gasteiger partial charge in [-0.05, 0) is 39.2 Å². The summed E-state index contributed by atoms with van der Waals surface area (Å²) in [5, 5.41) is 12.9. The molecule has 0 aliphatic heterocycles. The minimum atomic E-state index is -0.0583. The zero-order valence-electron chi connectivity index (χ0n) is 11.3. The summed E-state index contributed by atoms with van der Waals surface area (Å²) in [6, 6.07) is 15.8. The van der Waals surface area contributed by atoms with Gasteiger partial charge < -0.3 is 15.2 Å². The molecule has 0 aliphatic carbocycles. The number of nitrogens with one attached hydrogen (secondary N) is 1. The summed E-state index contributed by atoms with van der Waals surface area (Å²) < 4.78 is 6.14. The Hall–Kier alpha value is -1.36. The molecule has 0 radical (unpaired) electrons. The lowest BCUT2D eigenvalue weighted by Crippen LogP contribution is -2.23. The Morgan fingerprint density at radius 3 is 2.55 bits per heavy atom. The average Bonchev–Trinajstić information content (AvgIpc) is 2.49. The van der Waals surface area contributed by atoms with Gasteiger partial charge in [0.25, 0.3) is 0 Å². The van der Waals surface area contributed by atoms with E-state index in [1.54, 1.807) is 7.11 Å². The molecule has 4 heteroatoms. The molecule has 2 N–H and O–H groups in total. The summed E-state index contributed by atoms with van der Waals surface area (Å²) in [6.45, 7) is 0.754. The van der Waals surface area contributed by atoms with Crippen LogP contribution in [0.4, 0.5) is 0 Å². The van der Waals surface area contributed by atoms with Crippen molar-refractivity contribution in [1.29, 1.82) is 0 Å². The Balaban J connectivity index is 2.02. The molecule has 1 unspecified atom stereocenters. The van der Waals surface area contributed by atoms with Crippen LogP contribution in [0, 0.1) is 0 Å². The first-order valence-electron chi connectivity index (χ1n) is 6.46. The zero-order chi connectivity index (χ0) is 14.4. The van der Waals surface area contributed by atoms with Gasteiger partial charge >= 0.3 is 0 Å². The highest BCUT2D eigenvalue weighted by atomic mass is 79.9. The second-order valence-corrected chi connectivity index (χ2v) is 5.35. The summed E-state index contributed by atoms with van der Waals surface area (Å²) in [5.41, 5.74) is 2.22. The van der Waals surface area contributed by atoms with Crippen molar-refractivity contribution in [2.45, 2.75) is 12.6 Å². The lowest BCUT2D eigenvalue weighted by molar-refractivity contribution is 0.243. The number of rotatable bonds is 6. The molecular weight excluding hydrogens is 318 g/mol. The van der Waals surface area contributed by atoms with Gasteiger partial charge in [-0.2, -0.15) is 0 Å². The van der Waals surface area contributed by atoms with E-state index in [0.29, 0.717) is 6.54 Å².